The van der Waals surface area contributed by atoms with Gasteiger partial charge < -0.3 is 9.84 Å². The summed E-state index contributed by atoms with van der Waals surface area (Å²) in [5.41, 5.74) is 0. The highest BCUT2D eigenvalue weighted by molar-refractivity contribution is 9.10. The highest BCUT2D eigenvalue weighted by Crippen LogP contribution is 2.29. The van der Waals surface area contributed by atoms with Crippen LogP contribution in [0.25, 0.3) is 0 Å². The van der Waals surface area contributed by atoms with Crippen LogP contribution >= 0.6 is 15.9 Å². The van der Waals surface area contributed by atoms with Crippen molar-refractivity contribution in [1.29, 1.82) is 0 Å². The summed E-state index contributed by atoms with van der Waals surface area (Å²) in [5, 5.41) is 8.52. The molecule has 1 aromatic carbocycles. The minimum Gasteiger partial charge on any atom is -0.489 e. The molecule has 0 bridgehead atoms. The Kier molecular flexibility index (Phi) is 4.98. The molecule has 1 N–H and O–H groups in total. The summed E-state index contributed by atoms with van der Waals surface area (Å²) in [4.78, 5) is 0. The van der Waals surface area contributed by atoms with Crippen molar-refractivity contribution in [3.05, 3.63) is 28.2 Å². The van der Waals surface area contributed by atoms with Crippen molar-refractivity contribution < 1.29 is 18.6 Å². The maximum absolute atomic E-state index is 13.2. The van der Waals surface area contributed by atoms with Gasteiger partial charge in [0.05, 0.1) is 11.1 Å². The standard InChI is InChI=1S/C10H11BrF2O2/c11-8-5-7(12)6-9(13)10(8)15-4-2-1-3-14/h5-6,14H,1-4H2. The van der Waals surface area contributed by atoms with Crippen LogP contribution in [-0.2, 0) is 0 Å². The molecular weight excluding hydrogens is 270 g/mol. The molecule has 0 radical (unpaired) electrons. The number of aliphatic hydroxyl groups excluding tert-OH is 1. The third-order valence-electron chi connectivity index (χ3n) is 1.76. The van der Waals surface area contributed by atoms with Crippen LogP contribution in [0.15, 0.2) is 16.6 Å². The van der Waals surface area contributed by atoms with E-state index in [0.29, 0.717) is 19.4 Å². The lowest BCUT2D eigenvalue weighted by atomic mass is 10.3. The molecule has 0 spiro atoms. The van der Waals surface area contributed by atoms with Crippen LogP contribution in [0.5, 0.6) is 5.75 Å². The molecule has 0 atom stereocenters. The molecule has 84 valence electrons. The normalized spacial score (nSPS) is 10.4. The van der Waals surface area contributed by atoms with Gasteiger partial charge in [-0.15, -0.1) is 0 Å². The second kappa shape index (κ2) is 6.02. The van der Waals surface area contributed by atoms with E-state index in [0.717, 1.165) is 12.1 Å². The molecule has 0 saturated heterocycles. The van der Waals surface area contributed by atoms with E-state index in [2.05, 4.69) is 15.9 Å². The van der Waals surface area contributed by atoms with Crippen LogP contribution in [-0.4, -0.2) is 18.3 Å². The number of aliphatic hydroxyl groups is 1. The fourth-order valence-corrected chi connectivity index (χ4v) is 1.58. The van der Waals surface area contributed by atoms with Gasteiger partial charge in [0.1, 0.15) is 5.82 Å². The van der Waals surface area contributed by atoms with Gasteiger partial charge in [-0.3, -0.25) is 0 Å². The van der Waals surface area contributed by atoms with E-state index < -0.39 is 11.6 Å². The monoisotopic (exact) mass is 280 g/mol. The Morgan fingerprint density at radius 3 is 2.60 bits per heavy atom. The fraction of sp³-hybridized carbons (Fsp3) is 0.400. The summed E-state index contributed by atoms with van der Waals surface area (Å²) in [6.07, 6.45) is 1.22. The first-order valence-electron chi connectivity index (χ1n) is 4.53. The van der Waals surface area contributed by atoms with Crippen LogP contribution in [0.4, 0.5) is 8.78 Å². The van der Waals surface area contributed by atoms with Crippen molar-refractivity contribution in [2.24, 2.45) is 0 Å². The van der Waals surface area contributed by atoms with Gasteiger partial charge in [-0.25, -0.2) is 8.78 Å². The SMILES string of the molecule is OCCCCOc1c(F)cc(F)cc1Br. The lowest BCUT2D eigenvalue weighted by molar-refractivity contribution is 0.247. The number of unbranched alkanes of at least 4 members (excludes halogenated alkanes) is 1. The molecule has 0 aliphatic heterocycles. The smallest absolute Gasteiger partial charge is 0.169 e. The van der Waals surface area contributed by atoms with Crippen LogP contribution in [0.3, 0.4) is 0 Å². The number of hydrogen-bond donors (Lipinski definition) is 1. The van der Waals surface area contributed by atoms with Crippen LogP contribution in [0.1, 0.15) is 12.8 Å². The van der Waals surface area contributed by atoms with E-state index in [1.54, 1.807) is 0 Å². The van der Waals surface area contributed by atoms with Gasteiger partial charge in [0.15, 0.2) is 11.6 Å². The van der Waals surface area contributed by atoms with Gasteiger partial charge in [0, 0.05) is 12.7 Å². The van der Waals surface area contributed by atoms with Crippen LogP contribution in [0.2, 0.25) is 0 Å². The zero-order valence-corrected chi connectivity index (χ0v) is 9.56. The number of hydrogen-bond acceptors (Lipinski definition) is 2. The Morgan fingerprint density at radius 1 is 1.27 bits per heavy atom. The third kappa shape index (κ3) is 3.76. The minimum atomic E-state index is -0.731. The highest BCUT2D eigenvalue weighted by Gasteiger charge is 2.10. The fourth-order valence-electron chi connectivity index (χ4n) is 1.05. The summed E-state index contributed by atoms with van der Waals surface area (Å²) in [6.45, 7) is 0.373. The van der Waals surface area contributed by atoms with Crippen molar-refractivity contribution in [3.63, 3.8) is 0 Å². The van der Waals surface area contributed by atoms with Crippen LogP contribution < -0.4 is 4.74 Å². The van der Waals surface area contributed by atoms with Gasteiger partial charge in [-0.05, 0) is 34.8 Å². The summed E-state index contributed by atoms with van der Waals surface area (Å²) >= 11 is 3.01. The molecule has 0 amide bonds. The summed E-state index contributed by atoms with van der Waals surface area (Å²) in [6, 6.07) is 1.91. The zero-order chi connectivity index (χ0) is 11.3. The van der Waals surface area contributed by atoms with Crippen molar-refractivity contribution in [2.75, 3.05) is 13.2 Å². The Hall–Kier alpha value is -0.680. The quantitative estimate of drug-likeness (QED) is 0.841. The molecule has 0 heterocycles. The predicted octanol–water partition coefficient (Wildman–Crippen LogP) is 2.88. The number of rotatable bonds is 5. The Morgan fingerprint density at radius 2 is 2.00 bits per heavy atom. The Balaban J connectivity index is 2.60. The average Bonchev–Trinajstić information content (AvgIpc) is 2.15. The molecule has 0 saturated carbocycles. The van der Waals surface area contributed by atoms with Crippen molar-refractivity contribution in [2.45, 2.75) is 12.8 Å². The molecule has 1 rings (SSSR count). The van der Waals surface area contributed by atoms with Crippen molar-refractivity contribution in [1.82, 2.24) is 0 Å². The first-order chi connectivity index (χ1) is 7.15. The van der Waals surface area contributed by atoms with Gasteiger partial charge >= 0.3 is 0 Å². The average molecular weight is 281 g/mol. The predicted molar refractivity (Wildman–Crippen MR) is 55.9 cm³/mol. The molecule has 0 aliphatic carbocycles. The molecule has 0 fully saturated rings. The largest absolute Gasteiger partial charge is 0.489 e. The molecule has 15 heavy (non-hydrogen) atoms. The van der Waals surface area contributed by atoms with Crippen molar-refractivity contribution in [3.8, 4) is 5.75 Å². The molecule has 5 heteroatoms. The van der Waals surface area contributed by atoms with E-state index in [1.807, 2.05) is 0 Å². The number of halogens is 3. The van der Waals surface area contributed by atoms with Gasteiger partial charge in [0.2, 0.25) is 0 Å². The van der Waals surface area contributed by atoms with E-state index in [9.17, 15) is 8.78 Å². The summed E-state index contributed by atoms with van der Waals surface area (Å²) < 4.78 is 31.2. The van der Waals surface area contributed by atoms with Gasteiger partial charge in [-0.1, -0.05) is 0 Å². The first kappa shape index (κ1) is 12.4. The van der Waals surface area contributed by atoms with E-state index >= 15 is 0 Å². The number of benzene rings is 1. The summed E-state index contributed by atoms with van der Waals surface area (Å²) in [7, 11) is 0. The first-order valence-corrected chi connectivity index (χ1v) is 5.32. The summed E-state index contributed by atoms with van der Waals surface area (Å²) in [5.74, 6) is -1.37. The highest BCUT2D eigenvalue weighted by atomic mass is 79.9. The molecule has 0 aromatic heterocycles. The van der Waals surface area contributed by atoms with E-state index in [4.69, 9.17) is 9.84 Å². The maximum atomic E-state index is 13.2. The van der Waals surface area contributed by atoms with E-state index in [1.165, 1.54) is 0 Å². The van der Waals surface area contributed by atoms with Crippen molar-refractivity contribution >= 4 is 15.9 Å². The van der Waals surface area contributed by atoms with Crippen LogP contribution in [0, 0.1) is 11.6 Å². The Bertz CT molecular complexity index is 308. The maximum Gasteiger partial charge on any atom is 0.169 e. The van der Waals surface area contributed by atoms with Gasteiger partial charge in [-0.2, -0.15) is 0 Å². The van der Waals surface area contributed by atoms with E-state index in [-0.39, 0.29) is 16.8 Å². The second-order valence-corrected chi connectivity index (χ2v) is 3.83. The zero-order valence-electron chi connectivity index (χ0n) is 7.97. The second-order valence-electron chi connectivity index (χ2n) is 2.98. The third-order valence-corrected chi connectivity index (χ3v) is 2.35. The molecular formula is C10H11BrF2O2. The topological polar surface area (TPSA) is 29.5 Å². The molecule has 2 nitrogen and oxygen atoms in total. The minimum absolute atomic E-state index is 0.00865. The Labute approximate surface area is 95.0 Å². The molecule has 0 aliphatic rings. The van der Waals surface area contributed by atoms with Gasteiger partial charge in [0.25, 0.3) is 0 Å². The lowest BCUT2D eigenvalue weighted by Crippen LogP contribution is -2.01. The number of ether oxygens (including phenoxy) is 1. The molecule has 1 aromatic rings. The lowest BCUT2D eigenvalue weighted by Gasteiger charge is -2.08. The molecule has 0 unspecified atom stereocenters.